The molecule has 2 N–H and O–H groups in total. The number of amides is 2. The minimum absolute atomic E-state index is 0.176. The Morgan fingerprint density at radius 2 is 2.29 bits per heavy atom. The molecule has 8 heteroatoms. The molecular weight excluding hydrogens is 239 g/mol. The molecule has 17 heavy (non-hydrogen) atoms. The summed E-state index contributed by atoms with van der Waals surface area (Å²) in [7, 11) is 1.43. The van der Waals surface area contributed by atoms with E-state index < -0.39 is 18.8 Å². The van der Waals surface area contributed by atoms with Crippen molar-refractivity contribution < 1.29 is 22.7 Å². The molecule has 1 aliphatic rings. The van der Waals surface area contributed by atoms with Gasteiger partial charge in [0.2, 0.25) is 0 Å². The highest BCUT2D eigenvalue weighted by Crippen LogP contribution is 2.12. The molecule has 0 saturated carbocycles. The molecule has 0 aromatic heterocycles. The topological polar surface area (TPSA) is 53.6 Å². The van der Waals surface area contributed by atoms with Crippen molar-refractivity contribution in [3.8, 4) is 0 Å². The first-order valence-electron chi connectivity index (χ1n) is 5.26. The Hall–Kier alpha value is -1.02. The van der Waals surface area contributed by atoms with Crippen molar-refractivity contribution >= 4 is 6.03 Å². The monoisotopic (exact) mass is 255 g/mol. The lowest BCUT2D eigenvalue weighted by atomic mass is 10.3. The lowest BCUT2D eigenvalue weighted by Crippen LogP contribution is -2.49. The van der Waals surface area contributed by atoms with Crippen LogP contribution in [0.3, 0.4) is 0 Å². The number of ether oxygens (including phenoxy) is 1. The average Bonchev–Trinajstić information content (AvgIpc) is 2.26. The summed E-state index contributed by atoms with van der Waals surface area (Å²) in [5, 5.41) is 4.87. The first-order chi connectivity index (χ1) is 7.88. The van der Waals surface area contributed by atoms with Crippen molar-refractivity contribution in [2.24, 2.45) is 0 Å². The largest absolute Gasteiger partial charge is 0.405 e. The zero-order valence-electron chi connectivity index (χ0n) is 9.51. The highest BCUT2D eigenvalue weighted by Gasteiger charge is 2.28. The number of urea groups is 1. The molecule has 0 radical (unpaired) electrons. The van der Waals surface area contributed by atoms with Crippen molar-refractivity contribution in [2.45, 2.75) is 12.3 Å². The molecule has 100 valence electrons. The first kappa shape index (κ1) is 14.0. The molecule has 0 aliphatic carbocycles. The van der Waals surface area contributed by atoms with Gasteiger partial charge in [0.05, 0.1) is 12.7 Å². The van der Waals surface area contributed by atoms with Crippen LogP contribution in [0.1, 0.15) is 0 Å². The van der Waals surface area contributed by atoms with E-state index in [-0.39, 0.29) is 12.6 Å². The molecule has 1 fully saturated rings. The maximum absolute atomic E-state index is 11.9. The molecule has 0 aromatic rings. The van der Waals surface area contributed by atoms with Gasteiger partial charge in [-0.3, -0.25) is 0 Å². The molecule has 0 bridgehead atoms. The van der Waals surface area contributed by atoms with E-state index in [0.717, 1.165) is 6.54 Å². The lowest BCUT2D eigenvalue weighted by Gasteiger charge is -2.28. The minimum atomic E-state index is -4.39. The van der Waals surface area contributed by atoms with E-state index in [1.807, 2.05) is 0 Å². The number of nitrogens with zero attached hydrogens (tertiary/aromatic N) is 1. The van der Waals surface area contributed by atoms with Gasteiger partial charge in [-0.05, 0) is 0 Å². The fourth-order valence-electron chi connectivity index (χ4n) is 1.44. The Bertz CT molecular complexity index is 254. The van der Waals surface area contributed by atoms with Crippen LogP contribution in [0.2, 0.25) is 0 Å². The molecule has 0 spiro atoms. The van der Waals surface area contributed by atoms with Crippen LogP contribution in [-0.2, 0) is 4.74 Å². The number of nitrogens with one attached hydrogen (secondary N) is 2. The quantitative estimate of drug-likeness (QED) is 0.756. The van der Waals surface area contributed by atoms with Crippen molar-refractivity contribution in [3.63, 3.8) is 0 Å². The average molecular weight is 255 g/mol. The normalized spacial score (nSPS) is 21.1. The van der Waals surface area contributed by atoms with Gasteiger partial charge < -0.3 is 20.3 Å². The Morgan fingerprint density at radius 3 is 2.82 bits per heavy atom. The van der Waals surface area contributed by atoms with Gasteiger partial charge in [-0.15, -0.1) is 0 Å². The first-order valence-corrected chi connectivity index (χ1v) is 5.26. The van der Waals surface area contributed by atoms with Crippen LogP contribution in [-0.4, -0.2) is 63.0 Å². The summed E-state index contributed by atoms with van der Waals surface area (Å²) in [6.45, 7) is 0.830. The van der Waals surface area contributed by atoms with Crippen LogP contribution in [0.4, 0.5) is 18.0 Å². The van der Waals surface area contributed by atoms with Crippen LogP contribution in [0.25, 0.3) is 0 Å². The second-order valence-electron chi connectivity index (χ2n) is 3.85. The number of hydrogen-bond donors (Lipinski definition) is 2. The third kappa shape index (κ3) is 5.73. The number of hydrogen-bond acceptors (Lipinski definition) is 3. The predicted molar refractivity (Wildman–Crippen MR) is 54.7 cm³/mol. The molecule has 1 rings (SSSR count). The number of rotatable bonds is 3. The highest BCUT2D eigenvalue weighted by molar-refractivity contribution is 5.73. The third-order valence-corrected chi connectivity index (χ3v) is 2.27. The van der Waals surface area contributed by atoms with Gasteiger partial charge in [0.15, 0.2) is 0 Å². The van der Waals surface area contributed by atoms with Gasteiger partial charge >= 0.3 is 12.2 Å². The van der Waals surface area contributed by atoms with E-state index in [9.17, 15) is 18.0 Å². The van der Waals surface area contributed by atoms with Gasteiger partial charge in [-0.1, -0.05) is 0 Å². The number of likely N-dealkylation sites (N-methyl/N-ethyl adjacent to an activating group) is 1. The predicted octanol–water partition coefficient (Wildman–Crippen LogP) is 0.178. The number of carbonyl (C=O) groups is 1. The number of alkyl halides is 3. The van der Waals surface area contributed by atoms with Crippen molar-refractivity contribution in [2.75, 3.05) is 39.8 Å². The van der Waals surface area contributed by atoms with E-state index in [0.29, 0.717) is 13.2 Å². The molecule has 1 unspecified atom stereocenters. The summed E-state index contributed by atoms with van der Waals surface area (Å²) in [5.41, 5.74) is 0. The molecule has 1 atom stereocenters. The van der Waals surface area contributed by atoms with Gasteiger partial charge in [-0.25, -0.2) is 4.79 Å². The second-order valence-corrected chi connectivity index (χ2v) is 3.85. The van der Waals surface area contributed by atoms with Crippen molar-refractivity contribution in [3.05, 3.63) is 0 Å². The Morgan fingerprint density at radius 1 is 1.59 bits per heavy atom. The lowest BCUT2D eigenvalue weighted by molar-refractivity contribution is -0.123. The van der Waals surface area contributed by atoms with Crippen LogP contribution in [0, 0.1) is 0 Å². The van der Waals surface area contributed by atoms with Crippen LogP contribution < -0.4 is 10.6 Å². The van der Waals surface area contributed by atoms with E-state index in [4.69, 9.17) is 4.74 Å². The summed E-state index contributed by atoms with van der Waals surface area (Å²) in [6, 6.07) is -0.753. The van der Waals surface area contributed by atoms with Crippen molar-refractivity contribution in [1.29, 1.82) is 0 Å². The summed E-state index contributed by atoms with van der Waals surface area (Å²) < 4.78 is 40.9. The van der Waals surface area contributed by atoms with E-state index in [1.165, 1.54) is 11.9 Å². The maximum Gasteiger partial charge on any atom is 0.405 e. The van der Waals surface area contributed by atoms with E-state index >= 15 is 0 Å². The minimum Gasteiger partial charge on any atom is -0.374 e. The van der Waals surface area contributed by atoms with Gasteiger partial charge in [0, 0.05) is 26.7 Å². The number of carbonyl (C=O) groups excluding carboxylic acids is 1. The number of halogens is 3. The SMILES string of the molecule is CN(CC1CNCCO1)C(=O)NCC(F)(F)F. The zero-order valence-corrected chi connectivity index (χ0v) is 9.51. The van der Waals surface area contributed by atoms with Gasteiger partial charge in [0.1, 0.15) is 6.54 Å². The molecule has 2 amide bonds. The van der Waals surface area contributed by atoms with E-state index in [1.54, 1.807) is 5.32 Å². The van der Waals surface area contributed by atoms with E-state index in [2.05, 4.69) is 5.32 Å². The summed E-state index contributed by atoms with van der Waals surface area (Å²) in [4.78, 5) is 12.5. The zero-order chi connectivity index (χ0) is 12.9. The summed E-state index contributed by atoms with van der Waals surface area (Å²) in [5.74, 6) is 0. The Balaban J connectivity index is 2.26. The van der Waals surface area contributed by atoms with Crippen LogP contribution in [0.15, 0.2) is 0 Å². The van der Waals surface area contributed by atoms with Gasteiger partial charge in [0.25, 0.3) is 0 Å². The Labute approximate surface area is 97.3 Å². The second kappa shape index (κ2) is 6.06. The standard InChI is InChI=1S/C9H16F3N3O2/c1-15(5-7-4-13-2-3-17-7)8(16)14-6-9(10,11)12/h7,13H,2-6H2,1H3,(H,14,16). The Kier molecular flexibility index (Phi) is 5.01. The van der Waals surface area contributed by atoms with Crippen LogP contribution >= 0.6 is 0 Å². The maximum atomic E-state index is 11.9. The van der Waals surface area contributed by atoms with Crippen molar-refractivity contribution in [1.82, 2.24) is 15.5 Å². The highest BCUT2D eigenvalue weighted by atomic mass is 19.4. The van der Waals surface area contributed by atoms with Crippen LogP contribution in [0.5, 0.6) is 0 Å². The third-order valence-electron chi connectivity index (χ3n) is 2.27. The number of morpholine rings is 1. The molecule has 1 aliphatic heterocycles. The fourth-order valence-corrected chi connectivity index (χ4v) is 1.44. The molecule has 0 aromatic carbocycles. The summed E-state index contributed by atoms with van der Waals surface area (Å²) >= 11 is 0. The molecule has 1 saturated heterocycles. The molecular formula is C9H16F3N3O2. The molecule has 5 nitrogen and oxygen atoms in total. The smallest absolute Gasteiger partial charge is 0.374 e. The molecule has 1 heterocycles. The van der Waals surface area contributed by atoms with Gasteiger partial charge in [-0.2, -0.15) is 13.2 Å². The fraction of sp³-hybridized carbons (Fsp3) is 0.889. The summed E-state index contributed by atoms with van der Waals surface area (Å²) in [6.07, 6.45) is -4.57.